The first-order valence-corrected chi connectivity index (χ1v) is 3.47. The van der Waals surface area contributed by atoms with Crippen molar-refractivity contribution in [2.45, 2.75) is 0 Å². The van der Waals surface area contributed by atoms with Gasteiger partial charge in [-0.05, 0) is 12.1 Å². The molecule has 0 aliphatic rings. The number of aliphatic hydroxyl groups excluding tert-OH is 1. The van der Waals surface area contributed by atoms with E-state index in [0.717, 1.165) is 11.8 Å². The normalized spacial score (nSPS) is 11.5. The van der Waals surface area contributed by atoms with E-state index in [1.807, 2.05) is 0 Å². The molecule has 0 amide bonds. The van der Waals surface area contributed by atoms with Crippen LogP contribution >= 0.6 is 11.6 Å². The molecule has 1 aromatic carbocycles. The minimum atomic E-state index is 0.335. The van der Waals surface area contributed by atoms with E-state index in [0.29, 0.717) is 10.7 Å². The van der Waals surface area contributed by atoms with Crippen molar-refractivity contribution in [2.24, 2.45) is 5.73 Å². The molecule has 0 aromatic heterocycles. The minimum Gasteiger partial charge on any atom is -0.513 e. The Bertz CT molecular complexity index is 266. The van der Waals surface area contributed by atoms with Gasteiger partial charge in [0.1, 0.15) is 6.26 Å². The molecule has 0 aliphatic carbocycles. The van der Waals surface area contributed by atoms with Gasteiger partial charge in [-0.2, -0.15) is 0 Å². The molecule has 0 atom stereocenters. The summed E-state index contributed by atoms with van der Waals surface area (Å²) in [6.07, 6.45) is 0.864. The zero-order valence-electron chi connectivity index (χ0n) is 5.79. The van der Waals surface area contributed by atoms with Crippen LogP contribution in [0, 0.1) is 0 Å². The first-order valence-electron chi connectivity index (χ1n) is 3.10. The Morgan fingerprint density at radius 3 is 2.36 bits per heavy atom. The molecule has 0 radical (unpaired) electrons. The van der Waals surface area contributed by atoms with E-state index in [1.54, 1.807) is 24.3 Å². The van der Waals surface area contributed by atoms with E-state index in [2.05, 4.69) is 0 Å². The van der Waals surface area contributed by atoms with Gasteiger partial charge in [-0.25, -0.2) is 0 Å². The van der Waals surface area contributed by atoms with Gasteiger partial charge in [-0.15, -0.1) is 0 Å². The lowest BCUT2D eigenvalue weighted by atomic mass is 10.2. The Kier molecular flexibility index (Phi) is 2.39. The van der Waals surface area contributed by atoms with E-state index in [1.165, 1.54) is 0 Å². The molecular formula is C8H8ClNO. The number of halogens is 1. The minimum absolute atomic E-state index is 0.335. The van der Waals surface area contributed by atoms with Crippen LogP contribution in [0.25, 0.3) is 5.70 Å². The van der Waals surface area contributed by atoms with Crippen LogP contribution in [-0.2, 0) is 0 Å². The van der Waals surface area contributed by atoms with Crippen molar-refractivity contribution < 1.29 is 5.11 Å². The highest BCUT2D eigenvalue weighted by molar-refractivity contribution is 6.30. The van der Waals surface area contributed by atoms with Crippen molar-refractivity contribution in [3.63, 3.8) is 0 Å². The maximum atomic E-state index is 8.54. The molecule has 11 heavy (non-hydrogen) atoms. The van der Waals surface area contributed by atoms with Crippen LogP contribution in [-0.4, -0.2) is 5.11 Å². The van der Waals surface area contributed by atoms with E-state index in [9.17, 15) is 0 Å². The predicted molar refractivity (Wildman–Crippen MR) is 46.2 cm³/mol. The lowest BCUT2D eigenvalue weighted by molar-refractivity contribution is 0.475. The molecule has 0 spiro atoms. The Morgan fingerprint density at radius 2 is 1.91 bits per heavy atom. The van der Waals surface area contributed by atoms with Crippen LogP contribution in [0.2, 0.25) is 5.02 Å². The van der Waals surface area contributed by atoms with Gasteiger partial charge in [-0.1, -0.05) is 23.7 Å². The highest BCUT2D eigenvalue weighted by Gasteiger charge is 1.94. The Morgan fingerprint density at radius 1 is 1.36 bits per heavy atom. The van der Waals surface area contributed by atoms with Crippen LogP contribution in [0.5, 0.6) is 0 Å². The standard InChI is InChI=1S/C8H8ClNO/c9-7-3-1-6(2-4-7)8(10)5-11/h1-5,11H,10H2/b8-5+. The van der Waals surface area contributed by atoms with Crippen LogP contribution < -0.4 is 5.73 Å². The zero-order chi connectivity index (χ0) is 8.27. The maximum Gasteiger partial charge on any atom is 0.103 e. The monoisotopic (exact) mass is 169 g/mol. The molecule has 0 saturated carbocycles. The molecular weight excluding hydrogens is 162 g/mol. The van der Waals surface area contributed by atoms with Crippen molar-refractivity contribution in [2.75, 3.05) is 0 Å². The number of rotatable bonds is 1. The molecule has 2 nitrogen and oxygen atoms in total. The topological polar surface area (TPSA) is 46.2 Å². The van der Waals surface area contributed by atoms with Crippen molar-refractivity contribution in [3.8, 4) is 0 Å². The summed E-state index contributed by atoms with van der Waals surface area (Å²) in [5.41, 5.74) is 6.51. The molecule has 1 aromatic rings. The van der Waals surface area contributed by atoms with E-state index in [-0.39, 0.29) is 0 Å². The van der Waals surface area contributed by atoms with Gasteiger partial charge in [0.05, 0.1) is 5.70 Å². The fraction of sp³-hybridized carbons (Fsp3) is 0. The third-order valence-electron chi connectivity index (χ3n) is 1.32. The summed E-state index contributed by atoms with van der Waals surface area (Å²) in [6, 6.07) is 6.91. The third-order valence-corrected chi connectivity index (χ3v) is 1.57. The second-order valence-corrected chi connectivity index (χ2v) is 2.53. The number of aliphatic hydroxyl groups is 1. The maximum absolute atomic E-state index is 8.54. The molecule has 0 bridgehead atoms. The highest BCUT2D eigenvalue weighted by Crippen LogP contribution is 2.12. The number of hydrogen-bond donors (Lipinski definition) is 2. The quantitative estimate of drug-likeness (QED) is 0.633. The van der Waals surface area contributed by atoms with Gasteiger partial charge in [0.15, 0.2) is 0 Å². The summed E-state index contributed by atoms with van der Waals surface area (Å²) >= 11 is 5.64. The lowest BCUT2D eigenvalue weighted by Gasteiger charge is -1.98. The smallest absolute Gasteiger partial charge is 0.103 e. The van der Waals surface area contributed by atoms with Crippen molar-refractivity contribution >= 4 is 17.3 Å². The van der Waals surface area contributed by atoms with E-state index >= 15 is 0 Å². The average Bonchev–Trinajstić information content (AvgIpc) is 2.05. The Hall–Kier alpha value is -1.15. The molecule has 0 saturated heterocycles. The summed E-state index contributed by atoms with van der Waals surface area (Å²) in [5, 5.41) is 9.19. The Balaban J connectivity index is 2.99. The molecule has 3 heteroatoms. The summed E-state index contributed by atoms with van der Waals surface area (Å²) in [5.74, 6) is 0. The SMILES string of the molecule is N/C(=C/O)c1ccc(Cl)cc1. The zero-order valence-corrected chi connectivity index (χ0v) is 6.55. The summed E-state index contributed by atoms with van der Waals surface area (Å²) in [6.45, 7) is 0. The summed E-state index contributed by atoms with van der Waals surface area (Å²) < 4.78 is 0. The Labute approximate surface area is 69.9 Å². The molecule has 58 valence electrons. The van der Waals surface area contributed by atoms with Crippen LogP contribution in [0.4, 0.5) is 0 Å². The van der Waals surface area contributed by atoms with Gasteiger partial charge >= 0.3 is 0 Å². The molecule has 0 fully saturated rings. The highest BCUT2D eigenvalue weighted by atomic mass is 35.5. The molecule has 1 rings (SSSR count). The number of nitrogens with two attached hydrogens (primary N) is 1. The fourth-order valence-corrected chi connectivity index (χ4v) is 0.843. The van der Waals surface area contributed by atoms with Crippen LogP contribution in [0.1, 0.15) is 5.56 Å². The first kappa shape index (κ1) is 7.95. The predicted octanol–water partition coefficient (Wildman–Crippen LogP) is 2.16. The first-order chi connectivity index (χ1) is 5.24. The second-order valence-electron chi connectivity index (χ2n) is 2.09. The van der Waals surface area contributed by atoms with Gasteiger partial charge < -0.3 is 10.8 Å². The summed E-state index contributed by atoms with van der Waals surface area (Å²) in [7, 11) is 0. The van der Waals surface area contributed by atoms with Crippen molar-refractivity contribution in [1.82, 2.24) is 0 Å². The van der Waals surface area contributed by atoms with Crippen LogP contribution in [0.15, 0.2) is 30.5 Å². The molecule has 0 unspecified atom stereocenters. The van der Waals surface area contributed by atoms with Crippen LogP contribution in [0.3, 0.4) is 0 Å². The molecule has 0 aliphatic heterocycles. The van der Waals surface area contributed by atoms with Gasteiger partial charge in [0, 0.05) is 10.6 Å². The molecule has 3 N–H and O–H groups in total. The van der Waals surface area contributed by atoms with E-state index in [4.69, 9.17) is 22.4 Å². The van der Waals surface area contributed by atoms with Crippen molar-refractivity contribution in [1.29, 1.82) is 0 Å². The van der Waals surface area contributed by atoms with Gasteiger partial charge in [-0.3, -0.25) is 0 Å². The fourth-order valence-electron chi connectivity index (χ4n) is 0.717. The van der Waals surface area contributed by atoms with Crippen molar-refractivity contribution in [3.05, 3.63) is 41.1 Å². The van der Waals surface area contributed by atoms with Gasteiger partial charge in [0.2, 0.25) is 0 Å². The summed E-state index contributed by atoms with van der Waals surface area (Å²) in [4.78, 5) is 0. The average molecular weight is 170 g/mol. The number of benzene rings is 1. The largest absolute Gasteiger partial charge is 0.513 e. The van der Waals surface area contributed by atoms with Gasteiger partial charge in [0.25, 0.3) is 0 Å². The van der Waals surface area contributed by atoms with E-state index < -0.39 is 0 Å². The second kappa shape index (κ2) is 3.30. The molecule has 0 heterocycles. The lowest BCUT2D eigenvalue weighted by Crippen LogP contribution is -1.94. The number of hydrogen-bond acceptors (Lipinski definition) is 2. The third kappa shape index (κ3) is 1.88.